The molecule has 0 aliphatic carbocycles. The molecule has 1 saturated heterocycles. The lowest BCUT2D eigenvalue weighted by molar-refractivity contribution is -0.122. The van der Waals surface area contributed by atoms with E-state index in [1.165, 1.54) is 17.3 Å². The molecule has 1 fully saturated rings. The van der Waals surface area contributed by atoms with Gasteiger partial charge in [-0.15, -0.1) is 0 Å². The van der Waals surface area contributed by atoms with Gasteiger partial charge in [0.05, 0.1) is 4.91 Å². The predicted octanol–water partition coefficient (Wildman–Crippen LogP) is 4.89. The fourth-order valence-electron chi connectivity index (χ4n) is 2.33. The van der Waals surface area contributed by atoms with Gasteiger partial charge in [-0.1, -0.05) is 82.4 Å². The van der Waals surface area contributed by atoms with Crippen molar-refractivity contribution in [2.45, 2.75) is 6.42 Å². The summed E-state index contributed by atoms with van der Waals surface area (Å²) in [4.78, 5) is 14.9. The second-order valence-electron chi connectivity index (χ2n) is 5.12. The molecule has 1 aliphatic rings. The number of benzene rings is 2. The molecule has 1 amide bonds. The van der Waals surface area contributed by atoms with Crippen LogP contribution in [0.1, 0.15) is 11.1 Å². The normalized spacial score (nSPS) is 16.4. The number of amides is 1. The summed E-state index contributed by atoms with van der Waals surface area (Å²) < 4.78 is 1.62. The van der Waals surface area contributed by atoms with Crippen LogP contribution in [0.3, 0.4) is 0 Å². The van der Waals surface area contributed by atoms with Crippen LogP contribution in [0.25, 0.3) is 6.08 Å². The van der Waals surface area contributed by atoms with Crippen molar-refractivity contribution in [3.8, 4) is 0 Å². The van der Waals surface area contributed by atoms with Crippen LogP contribution in [-0.2, 0) is 11.2 Å². The Morgan fingerprint density at radius 2 is 1.91 bits per heavy atom. The lowest BCUT2D eigenvalue weighted by atomic mass is 10.1. The molecule has 0 aromatic heterocycles. The van der Waals surface area contributed by atoms with E-state index in [0.717, 1.165) is 16.5 Å². The van der Waals surface area contributed by atoms with E-state index >= 15 is 0 Å². The van der Waals surface area contributed by atoms with E-state index in [0.29, 0.717) is 15.8 Å². The molecule has 0 bridgehead atoms. The van der Waals surface area contributed by atoms with Gasteiger partial charge in [-0.3, -0.25) is 9.69 Å². The van der Waals surface area contributed by atoms with Gasteiger partial charge in [-0.25, -0.2) is 0 Å². The van der Waals surface area contributed by atoms with Crippen LogP contribution in [0, 0.1) is 0 Å². The molecule has 0 saturated carbocycles. The van der Waals surface area contributed by atoms with Crippen LogP contribution < -0.4 is 0 Å². The molecule has 0 atom stereocenters. The zero-order chi connectivity index (χ0) is 16.2. The Bertz CT molecular complexity index is 774. The molecular formula is C18H14BrNOS2. The quantitative estimate of drug-likeness (QED) is 0.535. The third-order valence-corrected chi connectivity index (χ3v) is 5.36. The highest BCUT2D eigenvalue weighted by Crippen LogP contribution is 2.32. The summed E-state index contributed by atoms with van der Waals surface area (Å²) in [6.07, 6.45) is 2.70. The molecule has 5 heteroatoms. The van der Waals surface area contributed by atoms with E-state index in [1.54, 1.807) is 4.90 Å². The number of thioether (sulfide) groups is 1. The minimum absolute atomic E-state index is 0.00379. The standard InChI is InChI=1S/C18H14BrNOS2/c19-15-8-4-7-14(11-15)12-16-17(21)20(18(22)23-16)10-9-13-5-2-1-3-6-13/h1-8,11-12H,9-10H2/b16-12+. The Morgan fingerprint density at radius 1 is 1.13 bits per heavy atom. The van der Waals surface area contributed by atoms with Crippen molar-refractivity contribution in [3.63, 3.8) is 0 Å². The zero-order valence-corrected chi connectivity index (χ0v) is 15.5. The van der Waals surface area contributed by atoms with E-state index in [4.69, 9.17) is 12.2 Å². The highest BCUT2D eigenvalue weighted by Gasteiger charge is 2.31. The van der Waals surface area contributed by atoms with Crippen molar-refractivity contribution in [3.05, 3.63) is 75.1 Å². The molecule has 0 N–H and O–H groups in total. The number of carbonyl (C=O) groups excluding carboxylic acids is 1. The first-order chi connectivity index (χ1) is 11.1. The maximum atomic E-state index is 12.6. The lowest BCUT2D eigenvalue weighted by Crippen LogP contribution is -2.30. The number of hydrogen-bond donors (Lipinski definition) is 0. The van der Waals surface area contributed by atoms with Crippen LogP contribution in [0.4, 0.5) is 0 Å². The van der Waals surface area contributed by atoms with Crippen LogP contribution in [0.15, 0.2) is 64.0 Å². The van der Waals surface area contributed by atoms with Crippen LogP contribution in [-0.4, -0.2) is 21.7 Å². The molecule has 116 valence electrons. The molecule has 3 rings (SSSR count). The third-order valence-electron chi connectivity index (χ3n) is 3.49. The van der Waals surface area contributed by atoms with E-state index in [-0.39, 0.29) is 5.91 Å². The summed E-state index contributed by atoms with van der Waals surface area (Å²) in [6.45, 7) is 0.616. The van der Waals surface area contributed by atoms with Gasteiger partial charge >= 0.3 is 0 Å². The minimum atomic E-state index is -0.00379. The first kappa shape index (κ1) is 16.4. The number of rotatable bonds is 4. The lowest BCUT2D eigenvalue weighted by Gasteiger charge is -2.14. The fraction of sp³-hybridized carbons (Fsp3) is 0.111. The second kappa shape index (κ2) is 7.43. The molecule has 1 heterocycles. The number of halogens is 1. The zero-order valence-electron chi connectivity index (χ0n) is 12.2. The van der Waals surface area contributed by atoms with Gasteiger partial charge < -0.3 is 0 Å². The largest absolute Gasteiger partial charge is 0.293 e. The van der Waals surface area contributed by atoms with Crippen molar-refractivity contribution < 1.29 is 4.79 Å². The van der Waals surface area contributed by atoms with Gasteiger partial charge in [0.1, 0.15) is 4.32 Å². The topological polar surface area (TPSA) is 20.3 Å². The monoisotopic (exact) mass is 403 g/mol. The Morgan fingerprint density at radius 3 is 2.65 bits per heavy atom. The SMILES string of the molecule is O=C1/C(=C\c2cccc(Br)c2)SC(=S)N1CCc1ccccc1. The first-order valence-electron chi connectivity index (χ1n) is 7.18. The maximum absolute atomic E-state index is 12.6. The van der Waals surface area contributed by atoms with Crippen LogP contribution in [0.5, 0.6) is 0 Å². The van der Waals surface area contributed by atoms with E-state index in [1.807, 2.05) is 48.5 Å². The minimum Gasteiger partial charge on any atom is -0.293 e. The van der Waals surface area contributed by atoms with Crippen molar-refractivity contribution in [2.24, 2.45) is 0 Å². The Balaban J connectivity index is 1.72. The summed E-state index contributed by atoms with van der Waals surface area (Å²) >= 11 is 10.2. The Labute approximate surface area is 153 Å². The first-order valence-corrected chi connectivity index (χ1v) is 9.20. The van der Waals surface area contributed by atoms with Gasteiger partial charge in [-0.05, 0) is 35.8 Å². The van der Waals surface area contributed by atoms with E-state index in [9.17, 15) is 4.79 Å². The van der Waals surface area contributed by atoms with Gasteiger partial charge in [0.2, 0.25) is 0 Å². The van der Waals surface area contributed by atoms with Crippen LogP contribution in [0.2, 0.25) is 0 Å². The third kappa shape index (κ3) is 4.10. The van der Waals surface area contributed by atoms with Crippen molar-refractivity contribution in [2.75, 3.05) is 6.54 Å². The number of thiocarbonyl (C=S) groups is 1. The molecule has 2 aromatic carbocycles. The smallest absolute Gasteiger partial charge is 0.266 e. The molecule has 0 unspecified atom stereocenters. The molecule has 1 aliphatic heterocycles. The molecule has 0 spiro atoms. The average molecular weight is 404 g/mol. The highest BCUT2D eigenvalue weighted by atomic mass is 79.9. The van der Waals surface area contributed by atoms with Gasteiger partial charge in [0.25, 0.3) is 5.91 Å². The van der Waals surface area contributed by atoms with Gasteiger partial charge in [0.15, 0.2) is 0 Å². The average Bonchev–Trinajstić information content (AvgIpc) is 2.80. The van der Waals surface area contributed by atoms with Crippen molar-refractivity contribution in [1.82, 2.24) is 4.90 Å². The fourth-order valence-corrected chi connectivity index (χ4v) is 4.05. The predicted molar refractivity (Wildman–Crippen MR) is 104 cm³/mol. The molecule has 0 radical (unpaired) electrons. The van der Waals surface area contributed by atoms with E-state index < -0.39 is 0 Å². The van der Waals surface area contributed by atoms with Crippen LogP contribution >= 0.6 is 39.9 Å². The number of hydrogen-bond acceptors (Lipinski definition) is 3. The summed E-state index contributed by atoms with van der Waals surface area (Å²) in [5.41, 5.74) is 2.19. The number of carbonyl (C=O) groups is 1. The summed E-state index contributed by atoms with van der Waals surface area (Å²) in [5.74, 6) is -0.00379. The van der Waals surface area contributed by atoms with Gasteiger partial charge in [-0.2, -0.15) is 0 Å². The molecule has 2 aromatic rings. The van der Waals surface area contributed by atoms with Crippen molar-refractivity contribution in [1.29, 1.82) is 0 Å². The highest BCUT2D eigenvalue weighted by molar-refractivity contribution is 9.10. The Kier molecular flexibility index (Phi) is 5.30. The summed E-state index contributed by atoms with van der Waals surface area (Å²) in [6, 6.07) is 18.0. The summed E-state index contributed by atoms with van der Waals surface area (Å²) in [5, 5.41) is 0. The number of nitrogens with zero attached hydrogens (tertiary/aromatic N) is 1. The second-order valence-corrected chi connectivity index (χ2v) is 7.72. The maximum Gasteiger partial charge on any atom is 0.266 e. The molecule has 2 nitrogen and oxygen atoms in total. The molecule has 23 heavy (non-hydrogen) atoms. The summed E-state index contributed by atoms with van der Waals surface area (Å²) in [7, 11) is 0. The Hall–Kier alpha value is -1.43. The molecular weight excluding hydrogens is 390 g/mol. The van der Waals surface area contributed by atoms with Crippen molar-refractivity contribution >= 4 is 56.2 Å². The van der Waals surface area contributed by atoms with Gasteiger partial charge in [0, 0.05) is 11.0 Å². The van der Waals surface area contributed by atoms with E-state index in [2.05, 4.69) is 28.1 Å².